The van der Waals surface area contributed by atoms with Crippen molar-refractivity contribution in [3.05, 3.63) is 33.1 Å². The second kappa shape index (κ2) is 4.70. The molecule has 7 heteroatoms. The summed E-state index contributed by atoms with van der Waals surface area (Å²) in [6.45, 7) is 0.947. The lowest BCUT2D eigenvalue weighted by Gasteiger charge is -2.03. The van der Waals surface area contributed by atoms with E-state index in [2.05, 4.69) is 9.72 Å². The highest BCUT2D eigenvalue weighted by Gasteiger charge is 2.20. The molecule has 6 nitrogen and oxygen atoms in total. The van der Waals surface area contributed by atoms with Gasteiger partial charge < -0.3 is 4.74 Å². The predicted octanol–water partition coefficient (Wildman–Crippen LogP) is 1.71. The SMILES string of the molecule is CC(=O)OCc1nccc(Cl)c1[N+](=O)[O-]. The maximum Gasteiger partial charge on any atom is 0.312 e. The number of nitro groups is 1. The van der Waals surface area contributed by atoms with E-state index in [0.717, 1.165) is 0 Å². The third-order valence-electron chi connectivity index (χ3n) is 1.55. The minimum absolute atomic E-state index is 0.0303. The minimum Gasteiger partial charge on any atom is -0.459 e. The molecule has 0 saturated heterocycles. The number of halogens is 1. The molecule has 0 aliphatic carbocycles. The Labute approximate surface area is 90.0 Å². The fraction of sp³-hybridized carbons (Fsp3) is 0.250. The van der Waals surface area contributed by atoms with Crippen LogP contribution in [0.3, 0.4) is 0 Å². The van der Waals surface area contributed by atoms with Crippen LogP contribution in [0, 0.1) is 10.1 Å². The quantitative estimate of drug-likeness (QED) is 0.448. The molecule has 0 radical (unpaired) electrons. The molecule has 1 rings (SSSR count). The number of esters is 1. The molecule has 0 fully saturated rings. The molecule has 1 aromatic heterocycles. The van der Waals surface area contributed by atoms with Gasteiger partial charge in [-0.3, -0.25) is 19.9 Å². The average Bonchev–Trinajstić information content (AvgIpc) is 2.13. The van der Waals surface area contributed by atoms with Crippen LogP contribution in [-0.2, 0) is 16.1 Å². The van der Waals surface area contributed by atoms with E-state index in [1.165, 1.54) is 19.2 Å². The maximum atomic E-state index is 10.6. The van der Waals surface area contributed by atoms with Gasteiger partial charge in [-0.15, -0.1) is 0 Å². The number of rotatable bonds is 3. The van der Waals surface area contributed by atoms with Crippen molar-refractivity contribution in [1.82, 2.24) is 4.98 Å². The summed E-state index contributed by atoms with van der Waals surface area (Å²) in [5.74, 6) is -0.536. The smallest absolute Gasteiger partial charge is 0.312 e. The van der Waals surface area contributed by atoms with Crippen molar-refractivity contribution in [1.29, 1.82) is 0 Å². The van der Waals surface area contributed by atoms with E-state index in [9.17, 15) is 14.9 Å². The first kappa shape index (κ1) is 11.4. The Balaban J connectivity index is 3.01. The average molecular weight is 231 g/mol. The Morgan fingerprint density at radius 1 is 1.73 bits per heavy atom. The minimum atomic E-state index is -0.659. The lowest BCUT2D eigenvalue weighted by molar-refractivity contribution is -0.386. The van der Waals surface area contributed by atoms with E-state index >= 15 is 0 Å². The summed E-state index contributed by atoms with van der Waals surface area (Å²) in [4.78, 5) is 24.2. The lowest BCUT2D eigenvalue weighted by atomic mass is 10.3. The van der Waals surface area contributed by atoms with Gasteiger partial charge in [0.2, 0.25) is 0 Å². The first-order chi connectivity index (χ1) is 7.02. The normalized spacial score (nSPS) is 9.73. The summed E-state index contributed by atoms with van der Waals surface area (Å²) in [6, 6.07) is 1.30. The Bertz CT molecular complexity index is 408. The zero-order chi connectivity index (χ0) is 11.4. The number of carbonyl (C=O) groups excluding carboxylic acids is 1. The summed E-state index contributed by atoms with van der Waals surface area (Å²) in [7, 11) is 0. The number of pyridine rings is 1. The van der Waals surface area contributed by atoms with E-state index in [4.69, 9.17) is 11.6 Å². The maximum absolute atomic E-state index is 10.6. The van der Waals surface area contributed by atoms with Crippen molar-refractivity contribution in [2.24, 2.45) is 0 Å². The van der Waals surface area contributed by atoms with E-state index in [1.54, 1.807) is 0 Å². The molecule has 0 spiro atoms. The van der Waals surface area contributed by atoms with Gasteiger partial charge in [-0.1, -0.05) is 11.6 Å². The van der Waals surface area contributed by atoms with Crippen molar-refractivity contribution in [2.45, 2.75) is 13.5 Å². The van der Waals surface area contributed by atoms with Crippen molar-refractivity contribution < 1.29 is 14.5 Å². The van der Waals surface area contributed by atoms with Gasteiger partial charge in [0.15, 0.2) is 5.69 Å². The molecule has 0 amide bonds. The van der Waals surface area contributed by atoms with Gasteiger partial charge >= 0.3 is 11.7 Å². The summed E-state index contributed by atoms with van der Waals surface area (Å²) in [6.07, 6.45) is 1.31. The molecule has 0 aliphatic heterocycles. The number of aromatic nitrogens is 1. The summed E-state index contributed by atoms with van der Waals surface area (Å²) in [5.41, 5.74) is -0.303. The molecule has 80 valence electrons. The number of ether oxygens (including phenoxy) is 1. The van der Waals surface area contributed by atoms with Crippen LogP contribution in [0.1, 0.15) is 12.6 Å². The molecule has 0 saturated carbocycles. The second-order valence-electron chi connectivity index (χ2n) is 2.63. The molecule has 1 heterocycles. The predicted molar refractivity (Wildman–Crippen MR) is 51.4 cm³/mol. The number of hydrogen-bond donors (Lipinski definition) is 0. The van der Waals surface area contributed by atoms with Crippen LogP contribution in [0.15, 0.2) is 12.3 Å². The highest BCUT2D eigenvalue weighted by molar-refractivity contribution is 6.32. The van der Waals surface area contributed by atoms with Crippen molar-refractivity contribution in [3.63, 3.8) is 0 Å². The van der Waals surface area contributed by atoms with E-state index in [-0.39, 0.29) is 23.0 Å². The van der Waals surface area contributed by atoms with Crippen LogP contribution >= 0.6 is 11.6 Å². The Kier molecular flexibility index (Phi) is 3.56. The van der Waals surface area contributed by atoms with Crippen molar-refractivity contribution >= 4 is 23.3 Å². The monoisotopic (exact) mass is 230 g/mol. The highest BCUT2D eigenvalue weighted by atomic mass is 35.5. The van der Waals surface area contributed by atoms with Crippen LogP contribution in [0.5, 0.6) is 0 Å². The van der Waals surface area contributed by atoms with Crippen LogP contribution in [-0.4, -0.2) is 15.9 Å². The molecule has 0 aliphatic rings. The summed E-state index contributed by atoms with van der Waals surface area (Å²) in [5, 5.41) is 10.6. The third-order valence-corrected chi connectivity index (χ3v) is 1.85. The molecule has 0 aromatic carbocycles. The molecule has 0 unspecified atom stereocenters. The van der Waals surface area contributed by atoms with Crippen LogP contribution in [0.25, 0.3) is 0 Å². The molecule has 0 bridgehead atoms. The van der Waals surface area contributed by atoms with Gasteiger partial charge in [0, 0.05) is 13.1 Å². The van der Waals surface area contributed by atoms with Gasteiger partial charge in [0.05, 0.1) is 4.92 Å². The molecule has 15 heavy (non-hydrogen) atoms. The van der Waals surface area contributed by atoms with Crippen LogP contribution < -0.4 is 0 Å². The lowest BCUT2D eigenvalue weighted by Crippen LogP contribution is -2.04. The van der Waals surface area contributed by atoms with Crippen molar-refractivity contribution in [3.8, 4) is 0 Å². The standard InChI is InChI=1S/C8H7ClN2O4/c1-5(12)15-4-7-8(11(13)14)6(9)2-3-10-7/h2-3H,4H2,1H3. The topological polar surface area (TPSA) is 82.3 Å². The van der Waals surface area contributed by atoms with Crippen LogP contribution in [0.4, 0.5) is 5.69 Å². The Morgan fingerprint density at radius 2 is 2.40 bits per heavy atom. The van der Waals surface area contributed by atoms with E-state index < -0.39 is 10.9 Å². The molecule has 0 N–H and O–H groups in total. The Hall–Kier alpha value is -1.69. The van der Waals surface area contributed by atoms with Gasteiger partial charge in [-0.05, 0) is 6.07 Å². The zero-order valence-corrected chi connectivity index (χ0v) is 8.52. The highest BCUT2D eigenvalue weighted by Crippen LogP contribution is 2.26. The van der Waals surface area contributed by atoms with E-state index in [0.29, 0.717) is 0 Å². The van der Waals surface area contributed by atoms with Crippen LogP contribution in [0.2, 0.25) is 5.02 Å². The number of hydrogen-bond acceptors (Lipinski definition) is 5. The Morgan fingerprint density at radius 3 is 2.93 bits per heavy atom. The summed E-state index contributed by atoms with van der Waals surface area (Å²) >= 11 is 5.62. The zero-order valence-electron chi connectivity index (χ0n) is 7.77. The second-order valence-corrected chi connectivity index (χ2v) is 3.03. The first-order valence-electron chi connectivity index (χ1n) is 3.93. The molecule has 1 aromatic rings. The largest absolute Gasteiger partial charge is 0.459 e. The number of carbonyl (C=O) groups is 1. The number of nitrogens with zero attached hydrogens (tertiary/aromatic N) is 2. The molecular formula is C8H7ClN2O4. The first-order valence-corrected chi connectivity index (χ1v) is 4.31. The van der Waals surface area contributed by atoms with Gasteiger partial charge in [0.1, 0.15) is 11.6 Å². The van der Waals surface area contributed by atoms with Gasteiger partial charge in [-0.25, -0.2) is 0 Å². The van der Waals surface area contributed by atoms with E-state index in [1.807, 2.05) is 0 Å². The fourth-order valence-corrected chi connectivity index (χ4v) is 1.17. The van der Waals surface area contributed by atoms with Gasteiger partial charge in [-0.2, -0.15) is 0 Å². The fourth-order valence-electron chi connectivity index (χ4n) is 0.939. The summed E-state index contributed by atoms with van der Waals surface area (Å²) < 4.78 is 4.61. The molecular weight excluding hydrogens is 224 g/mol. The third kappa shape index (κ3) is 2.88. The van der Waals surface area contributed by atoms with Gasteiger partial charge in [0.25, 0.3) is 0 Å². The van der Waals surface area contributed by atoms with Crippen molar-refractivity contribution in [2.75, 3.05) is 0 Å². The molecule has 0 atom stereocenters.